The van der Waals surface area contributed by atoms with E-state index in [2.05, 4.69) is 9.97 Å². The highest BCUT2D eigenvalue weighted by molar-refractivity contribution is 6.29. The van der Waals surface area contributed by atoms with E-state index in [0.29, 0.717) is 40.0 Å². The minimum absolute atomic E-state index is 0.277. The molecule has 21 heavy (non-hydrogen) atoms. The molecule has 0 bridgehead atoms. The Labute approximate surface area is 125 Å². The second kappa shape index (κ2) is 5.79. The van der Waals surface area contributed by atoms with Crippen molar-refractivity contribution in [1.29, 1.82) is 0 Å². The van der Waals surface area contributed by atoms with Gasteiger partial charge in [-0.2, -0.15) is 0 Å². The van der Waals surface area contributed by atoms with Gasteiger partial charge in [-0.25, -0.2) is 14.4 Å². The Morgan fingerprint density at radius 1 is 1.24 bits per heavy atom. The third kappa shape index (κ3) is 3.04. The van der Waals surface area contributed by atoms with Gasteiger partial charge in [0.15, 0.2) is 11.6 Å². The molecule has 0 fully saturated rings. The standard InChI is InChI=1S/C15H12ClFN2O2/c1-2-20-8-15-18-11(7-14(16)19-15)13-6-9-5-10(17)3-4-12(9)21-13/h3-7H,2,8H2,1H3. The van der Waals surface area contributed by atoms with Crippen LogP contribution >= 0.6 is 11.6 Å². The zero-order chi connectivity index (χ0) is 14.8. The third-order valence-electron chi connectivity index (χ3n) is 2.91. The van der Waals surface area contributed by atoms with E-state index < -0.39 is 0 Å². The molecule has 0 amide bonds. The van der Waals surface area contributed by atoms with Crippen LogP contribution in [0, 0.1) is 5.82 Å². The van der Waals surface area contributed by atoms with E-state index in [1.54, 1.807) is 18.2 Å². The molecule has 1 aromatic carbocycles. The van der Waals surface area contributed by atoms with E-state index in [4.69, 9.17) is 20.8 Å². The lowest BCUT2D eigenvalue weighted by Crippen LogP contribution is -2.00. The number of furan rings is 1. The van der Waals surface area contributed by atoms with Crippen LogP contribution in [0.2, 0.25) is 5.15 Å². The predicted octanol–water partition coefficient (Wildman–Crippen LogP) is 4.22. The first-order valence-corrected chi connectivity index (χ1v) is 6.84. The van der Waals surface area contributed by atoms with Crippen molar-refractivity contribution in [2.24, 2.45) is 0 Å². The van der Waals surface area contributed by atoms with Gasteiger partial charge < -0.3 is 9.15 Å². The van der Waals surface area contributed by atoms with Crippen molar-refractivity contribution < 1.29 is 13.5 Å². The van der Waals surface area contributed by atoms with Gasteiger partial charge in [-0.1, -0.05) is 11.6 Å². The first-order valence-electron chi connectivity index (χ1n) is 6.46. The van der Waals surface area contributed by atoms with E-state index in [0.717, 1.165) is 0 Å². The van der Waals surface area contributed by atoms with Crippen LogP contribution in [0.4, 0.5) is 4.39 Å². The molecule has 0 radical (unpaired) electrons. The van der Waals surface area contributed by atoms with Crippen molar-refractivity contribution in [3.8, 4) is 11.5 Å². The molecule has 3 aromatic rings. The zero-order valence-electron chi connectivity index (χ0n) is 11.3. The Morgan fingerprint density at radius 2 is 2.10 bits per heavy atom. The summed E-state index contributed by atoms with van der Waals surface area (Å²) in [6, 6.07) is 7.67. The fraction of sp³-hybridized carbons (Fsp3) is 0.200. The summed E-state index contributed by atoms with van der Waals surface area (Å²) in [6.07, 6.45) is 0. The molecule has 0 N–H and O–H groups in total. The van der Waals surface area contributed by atoms with Crippen molar-refractivity contribution in [2.75, 3.05) is 6.61 Å². The lowest BCUT2D eigenvalue weighted by molar-refractivity contribution is 0.128. The van der Waals surface area contributed by atoms with Crippen molar-refractivity contribution in [3.05, 3.63) is 47.1 Å². The average Bonchev–Trinajstić information content (AvgIpc) is 2.87. The topological polar surface area (TPSA) is 48.2 Å². The first-order chi connectivity index (χ1) is 10.2. The van der Waals surface area contributed by atoms with Crippen molar-refractivity contribution in [2.45, 2.75) is 13.5 Å². The molecular formula is C15H12ClFN2O2. The van der Waals surface area contributed by atoms with E-state index in [1.807, 2.05) is 6.92 Å². The van der Waals surface area contributed by atoms with Crippen LogP contribution in [-0.4, -0.2) is 16.6 Å². The quantitative estimate of drug-likeness (QED) is 0.677. The average molecular weight is 307 g/mol. The van der Waals surface area contributed by atoms with Gasteiger partial charge in [0, 0.05) is 18.1 Å². The molecule has 3 rings (SSSR count). The number of fused-ring (bicyclic) bond motifs is 1. The van der Waals surface area contributed by atoms with E-state index >= 15 is 0 Å². The Kier molecular flexibility index (Phi) is 3.86. The first kappa shape index (κ1) is 14.0. The van der Waals surface area contributed by atoms with Crippen molar-refractivity contribution >= 4 is 22.6 Å². The number of ether oxygens (including phenoxy) is 1. The SMILES string of the molecule is CCOCc1nc(Cl)cc(-c2cc3cc(F)ccc3o2)n1. The molecule has 0 aliphatic carbocycles. The molecule has 0 saturated heterocycles. The second-order valence-electron chi connectivity index (χ2n) is 4.42. The number of halogens is 2. The summed E-state index contributed by atoms with van der Waals surface area (Å²) in [6.45, 7) is 2.73. The Bertz CT molecular complexity index is 788. The van der Waals surface area contributed by atoms with E-state index in [-0.39, 0.29) is 12.4 Å². The lowest BCUT2D eigenvalue weighted by Gasteiger charge is -2.03. The molecule has 2 heterocycles. The fourth-order valence-electron chi connectivity index (χ4n) is 1.99. The minimum atomic E-state index is -0.312. The monoisotopic (exact) mass is 306 g/mol. The summed E-state index contributed by atoms with van der Waals surface area (Å²) >= 11 is 5.99. The molecular weight excluding hydrogens is 295 g/mol. The van der Waals surface area contributed by atoms with Gasteiger partial charge >= 0.3 is 0 Å². The van der Waals surface area contributed by atoms with Crippen LogP contribution in [0.5, 0.6) is 0 Å². The van der Waals surface area contributed by atoms with Crippen molar-refractivity contribution in [1.82, 2.24) is 9.97 Å². The van der Waals surface area contributed by atoms with Crippen LogP contribution in [0.25, 0.3) is 22.4 Å². The van der Waals surface area contributed by atoms with Gasteiger partial charge in [0.25, 0.3) is 0 Å². The number of benzene rings is 1. The zero-order valence-corrected chi connectivity index (χ0v) is 12.0. The number of aromatic nitrogens is 2. The smallest absolute Gasteiger partial charge is 0.156 e. The van der Waals surface area contributed by atoms with Gasteiger partial charge in [0.05, 0.1) is 0 Å². The van der Waals surface area contributed by atoms with Crippen molar-refractivity contribution in [3.63, 3.8) is 0 Å². The summed E-state index contributed by atoms with van der Waals surface area (Å²) in [5.74, 6) is 0.677. The molecule has 0 atom stereocenters. The normalized spacial score (nSPS) is 11.2. The van der Waals surface area contributed by atoms with Crippen LogP contribution < -0.4 is 0 Å². The maximum Gasteiger partial charge on any atom is 0.156 e. The molecule has 0 aliphatic rings. The summed E-state index contributed by atoms with van der Waals surface area (Å²) in [4.78, 5) is 8.44. The molecule has 6 heteroatoms. The van der Waals surface area contributed by atoms with Crippen LogP contribution in [0.15, 0.2) is 34.7 Å². The van der Waals surface area contributed by atoms with E-state index in [1.165, 1.54) is 12.1 Å². The molecule has 0 unspecified atom stereocenters. The summed E-state index contributed by atoms with van der Waals surface area (Å²) in [7, 11) is 0. The van der Waals surface area contributed by atoms with Crippen LogP contribution in [-0.2, 0) is 11.3 Å². The highest BCUT2D eigenvalue weighted by Gasteiger charge is 2.11. The fourth-order valence-corrected chi connectivity index (χ4v) is 2.19. The van der Waals surface area contributed by atoms with Gasteiger partial charge in [0.2, 0.25) is 0 Å². The molecule has 2 aromatic heterocycles. The van der Waals surface area contributed by atoms with Crippen LogP contribution in [0.3, 0.4) is 0 Å². The van der Waals surface area contributed by atoms with E-state index in [9.17, 15) is 4.39 Å². The summed E-state index contributed by atoms with van der Waals surface area (Å²) in [5, 5.41) is 0.979. The van der Waals surface area contributed by atoms with Gasteiger partial charge in [-0.3, -0.25) is 0 Å². The number of hydrogen-bond acceptors (Lipinski definition) is 4. The maximum absolute atomic E-state index is 13.2. The third-order valence-corrected chi connectivity index (χ3v) is 3.10. The Hall–Kier alpha value is -1.98. The van der Waals surface area contributed by atoms with Gasteiger partial charge in [0.1, 0.15) is 28.9 Å². The largest absolute Gasteiger partial charge is 0.454 e. The molecule has 0 saturated carbocycles. The van der Waals surface area contributed by atoms with Gasteiger partial charge in [-0.05, 0) is 31.2 Å². The van der Waals surface area contributed by atoms with Gasteiger partial charge in [-0.15, -0.1) is 0 Å². The highest BCUT2D eigenvalue weighted by atomic mass is 35.5. The molecule has 4 nitrogen and oxygen atoms in total. The molecule has 0 spiro atoms. The Balaban J connectivity index is 2.02. The second-order valence-corrected chi connectivity index (χ2v) is 4.81. The molecule has 0 aliphatic heterocycles. The summed E-state index contributed by atoms with van der Waals surface area (Å²) in [5.41, 5.74) is 1.13. The van der Waals surface area contributed by atoms with Crippen LogP contribution in [0.1, 0.15) is 12.7 Å². The molecule has 108 valence electrons. The Morgan fingerprint density at radius 3 is 2.90 bits per heavy atom. The highest BCUT2D eigenvalue weighted by Crippen LogP contribution is 2.28. The number of nitrogens with zero attached hydrogens (tertiary/aromatic N) is 2. The lowest BCUT2D eigenvalue weighted by atomic mass is 10.2. The number of rotatable bonds is 4. The summed E-state index contributed by atoms with van der Waals surface area (Å²) < 4.78 is 24.2. The maximum atomic E-state index is 13.2. The minimum Gasteiger partial charge on any atom is -0.454 e. The predicted molar refractivity (Wildman–Crippen MR) is 77.5 cm³/mol. The number of hydrogen-bond donors (Lipinski definition) is 0.